The predicted octanol–water partition coefficient (Wildman–Crippen LogP) is 2.01. The van der Waals surface area contributed by atoms with Gasteiger partial charge in [-0.1, -0.05) is 0 Å². The summed E-state index contributed by atoms with van der Waals surface area (Å²) in [7, 11) is 0. The zero-order valence-electron chi connectivity index (χ0n) is 14.4. The number of hydrogen-bond donors (Lipinski definition) is 1. The molecule has 0 spiro atoms. The number of aromatic nitrogens is 4. The number of nitrogens with zero attached hydrogens (tertiary/aromatic N) is 4. The number of aryl methyl sites for hydroxylation is 1. The fourth-order valence-corrected chi connectivity index (χ4v) is 3.64. The van der Waals surface area contributed by atoms with Crippen molar-refractivity contribution in [3.63, 3.8) is 0 Å². The summed E-state index contributed by atoms with van der Waals surface area (Å²) >= 11 is 0. The van der Waals surface area contributed by atoms with Crippen molar-refractivity contribution in [2.75, 3.05) is 11.9 Å². The molecule has 132 valence electrons. The van der Waals surface area contributed by atoms with E-state index in [1.165, 1.54) is 0 Å². The maximum absolute atomic E-state index is 12.4. The van der Waals surface area contributed by atoms with Crippen molar-refractivity contribution in [2.24, 2.45) is 0 Å². The summed E-state index contributed by atoms with van der Waals surface area (Å²) in [6, 6.07) is 6.18. The molecule has 0 unspecified atom stereocenters. The van der Waals surface area contributed by atoms with Gasteiger partial charge in [-0.15, -0.1) is 5.10 Å². The number of anilines is 1. The Morgan fingerprint density at radius 1 is 1.20 bits per heavy atom. The number of ether oxygens (including phenoxy) is 1. The summed E-state index contributed by atoms with van der Waals surface area (Å²) in [5, 5.41) is 16.3. The molecule has 1 aliphatic heterocycles. The van der Waals surface area contributed by atoms with Crippen LogP contribution in [0.15, 0.2) is 23.0 Å². The Bertz CT molecular complexity index is 794. The van der Waals surface area contributed by atoms with E-state index in [4.69, 9.17) is 4.74 Å². The largest absolute Gasteiger partial charge is 0.376 e. The van der Waals surface area contributed by atoms with Crippen molar-refractivity contribution in [1.29, 1.82) is 0 Å². The van der Waals surface area contributed by atoms with E-state index in [1.807, 2.05) is 19.1 Å². The first-order chi connectivity index (χ1) is 12.2. The molecule has 0 aromatic carbocycles. The van der Waals surface area contributed by atoms with Gasteiger partial charge in [-0.05, 0) is 44.7 Å². The number of rotatable bonds is 3. The van der Waals surface area contributed by atoms with Gasteiger partial charge in [-0.3, -0.25) is 4.79 Å². The molecule has 1 fully saturated rings. The van der Waals surface area contributed by atoms with E-state index in [2.05, 4.69) is 20.6 Å². The van der Waals surface area contributed by atoms with Gasteiger partial charge in [0.15, 0.2) is 0 Å². The minimum atomic E-state index is -0.00920. The zero-order chi connectivity index (χ0) is 17.2. The standard InChI is InChI=1S/C18H23N5O2/c1-12-2-7-17(21-20-12)19-14-3-5-15(6-4-14)23-18(24)10-13-11-25-9-8-16(13)22-23/h2,7,10,14-15H,3-6,8-9,11H2,1H3,(H,19,21). The molecule has 7 heteroatoms. The molecule has 0 atom stereocenters. The molecule has 3 heterocycles. The maximum atomic E-state index is 12.4. The molecule has 0 radical (unpaired) electrons. The average Bonchev–Trinajstić information content (AvgIpc) is 2.64. The molecule has 2 aliphatic rings. The van der Waals surface area contributed by atoms with Gasteiger partial charge in [-0.25, -0.2) is 4.68 Å². The highest BCUT2D eigenvalue weighted by Crippen LogP contribution is 2.29. The average molecular weight is 341 g/mol. The highest BCUT2D eigenvalue weighted by molar-refractivity contribution is 5.34. The third kappa shape index (κ3) is 3.56. The molecular formula is C18H23N5O2. The van der Waals surface area contributed by atoms with Crippen LogP contribution in [0.25, 0.3) is 0 Å². The molecule has 4 rings (SSSR count). The highest BCUT2D eigenvalue weighted by atomic mass is 16.5. The van der Waals surface area contributed by atoms with E-state index < -0.39 is 0 Å². The van der Waals surface area contributed by atoms with Gasteiger partial charge in [0.2, 0.25) is 0 Å². The second-order valence-corrected chi connectivity index (χ2v) is 6.91. The lowest BCUT2D eigenvalue weighted by Gasteiger charge is -2.30. The Hall–Kier alpha value is -2.28. The van der Waals surface area contributed by atoms with E-state index in [0.29, 0.717) is 19.3 Å². The molecular weight excluding hydrogens is 318 g/mol. The van der Waals surface area contributed by atoms with Crippen molar-refractivity contribution >= 4 is 5.82 Å². The van der Waals surface area contributed by atoms with Crippen LogP contribution in [0.3, 0.4) is 0 Å². The van der Waals surface area contributed by atoms with Gasteiger partial charge in [0.1, 0.15) is 5.82 Å². The van der Waals surface area contributed by atoms with Crippen LogP contribution in [-0.4, -0.2) is 32.6 Å². The highest BCUT2D eigenvalue weighted by Gasteiger charge is 2.25. The maximum Gasteiger partial charge on any atom is 0.267 e. The van der Waals surface area contributed by atoms with E-state index in [1.54, 1.807) is 10.7 Å². The minimum absolute atomic E-state index is 0.00920. The van der Waals surface area contributed by atoms with E-state index in [-0.39, 0.29) is 11.6 Å². The zero-order valence-corrected chi connectivity index (χ0v) is 14.4. The van der Waals surface area contributed by atoms with Gasteiger partial charge >= 0.3 is 0 Å². The van der Waals surface area contributed by atoms with E-state index in [9.17, 15) is 4.79 Å². The molecule has 1 aliphatic carbocycles. The summed E-state index contributed by atoms with van der Waals surface area (Å²) in [5.41, 5.74) is 2.87. The Morgan fingerprint density at radius 2 is 2.04 bits per heavy atom. The third-order valence-corrected chi connectivity index (χ3v) is 5.06. The first-order valence-corrected chi connectivity index (χ1v) is 8.95. The van der Waals surface area contributed by atoms with Crippen LogP contribution in [0.5, 0.6) is 0 Å². The first kappa shape index (κ1) is 16.2. The van der Waals surface area contributed by atoms with Gasteiger partial charge in [0.25, 0.3) is 5.56 Å². The molecule has 1 N–H and O–H groups in total. The van der Waals surface area contributed by atoms with Crippen LogP contribution in [-0.2, 0) is 17.8 Å². The SMILES string of the molecule is Cc1ccc(NC2CCC(n3nc4c(cc3=O)COCC4)CC2)nn1. The molecule has 2 aromatic heterocycles. The lowest BCUT2D eigenvalue weighted by Crippen LogP contribution is -2.35. The topological polar surface area (TPSA) is 81.9 Å². The normalized spacial score (nSPS) is 23.1. The van der Waals surface area contributed by atoms with E-state index >= 15 is 0 Å². The Morgan fingerprint density at radius 3 is 2.80 bits per heavy atom. The van der Waals surface area contributed by atoms with Gasteiger partial charge in [0, 0.05) is 24.1 Å². The Balaban J connectivity index is 1.42. The van der Waals surface area contributed by atoms with Crippen molar-refractivity contribution < 1.29 is 4.74 Å². The molecule has 1 saturated carbocycles. The quantitative estimate of drug-likeness (QED) is 0.920. The number of nitrogens with one attached hydrogen (secondary N) is 1. The van der Waals surface area contributed by atoms with Crippen molar-refractivity contribution in [3.8, 4) is 0 Å². The fourth-order valence-electron chi connectivity index (χ4n) is 3.64. The third-order valence-electron chi connectivity index (χ3n) is 5.06. The molecule has 0 bridgehead atoms. The molecule has 2 aromatic rings. The van der Waals surface area contributed by atoms with Crippen LogP contribution < -0.4 is 10.9 Å². The smallest absolute Gasteiger partial charge is 0.267 e. The number of fused-ring (bicyclic) bond motifs is 1. The lowest BCUT2D eigenvalue weighted by atomic mass is 9.91. The van der Waals surface area contributed by atoms with Crippen LogP contribution in [0.1, 0.15) is 48.7 Å². The van der Waals surface area contributed by atoms with Crippen LogP contribution in [0.2, 0.25) is 0 Å². The van der Waals surface area contributed by atoms with Crippen LogP contribution >= 0.6 is 0 Å². The minimum Gasteiger partial charge on any atom is -0.376 e. The lowest BCUT2D eigenvalue weighted by molar-refractivity contribution is 0.107. The second-order valence-electron chi connectivity index (χ2n) is 6.91. The Labute approximate surface area is 146 Å². The first-order valence-electron chi connectivity index (χ1n) is 8.95. The van der Waals surface area contributed by atoms with Crippen molar-refractivity contribution in [3.05, 3.63) is 45.5 Å². The Kier molecular flexibility index (Phi) is 4.48. The molecule has 0 saturated heterocycles. The van der Waals surface area contributed by atoms with Gasteiger partial charge < -0.3 is 10.1 Å². The second kappa shape index (κ2) is 6.92. The molecule has 0 amide bonds. The molecule has 25 heavy (non-hydrogen) atoms. The predicted molar refractivity (Wildman–Crippen MR) is 93.5 cm³/mol. The summed E-state index contributed by atoms with van der Waals surface area (Å²) in [4.78, 5) is 12.4. The van der Waals surface area contributed by atoms with Crippen molar-refractivity contribution in [2.45, 2.75) is 57.7 Å². The number of hydrogen-bond acceptors (Lipinski definition) is 6. The summed E-state index contributed by atoms with van der Waals surface area (Å²) in [5.74, 6) is 0.818. The van der Waals surface area contributed by atoms with Crippen LogP contribution in [0.4, 0.5) is 5.82 Å². The van der Waals surface area contributed by atoms with Crippen molar-refractivity contribution in [1.82, 2.24) is 20.0 Å². The van der Waals surface area contributed by atoms with Gasteiger partial charge in [0.05, 0.1) is 30.6 Å². The van der Waals surface area contributed by atoms with Crippen LogP contribution in [0, 0.1) is 6.92 Å². The monoisotopic (exact) mass is 341 g/mol. The fraction of sp³-hybridized carbons (Fsp3) is 0.556. The van der Waals surface area contributed by atoms with Gasteiger partial charge in [-0.2, -0.15) is 10.2 Å². The summed E-state index contributed by atoms with van der Waals surface area (Å²) < 4.78 is 7.11. The summed E-state index contributed by atoms with van der Waals surface area (Å²) in [6.07, 6.45) is 4.67. The summed E-state index contributed by atoms with van der Waals surface area (Å²) in [6.45, 7) is 3.12. The van der Waals surface area contributed by atoms with E-state index in [0.717, 1.165) is 54.9 Å². The molecule has 7 nitrogen and oxygen atoms in total.